The van der Waals surface area contributed by atoms with E-state index in [1.54, 1.807) is 26.0 Å². The Morgan fingerprint density at radius 2 is 1.33 bits per heavy atom. The maximum absolute atomic E-state index is 10.4. The van der Waals surface area contributed by atoms with Crippen molar-refractivity contribution in [3.63, 3.8) is 0 Å². The van der Waals surface area contributed by atoms with Crippen molar-refractivity contribution in [2.24, 2.45) is 11.8 Å². The Bertz CT molecular complexity index is 293. The van der Waals surface area contributed by atoms with Gasteiger partial charge in [0.1, 0.15) is 0 Å². The van der Waals surface area contributed by atoms with Gasteiger partial charge in [0.2, 0.25) is 0 Å². The van der Waals surface area contributed by atoms with Gasteiger partial charge in [-0.05, 0) is 64.2 Å². The highest BCUT2D eigenvalue weighted by molar-refractivity contribution is 5.06. The fourth-order valence-electron chi connectivity index (χ4n) is 2.23. The summed E-state index contributed by atoms with van der Waals surface area (Å²) in [5.74, 6) is 1.07. The van der Waals surface area contributed by atoms with E-state index in [0.717, 1.165) is 25.7 Å². The summed E-state index contributed by atoms with van der Waals surface area (Å²) in [6.45, 7) is 10.3. The predicted octanol–water partition coefficient (Wildman–Crippen LogP) is 3.67. The molecule has 0 aromatic carbocycles. The third-order valence-corrected chi connectivity index (χ3v) is 4.03. The molecule has 3 nitrogen and oxygen atoms in total. The molecule has 3 unspecified atom stereocenters. The molecule has 0 aliphatic rings. The Labute approximate surface area is 131 Å². The molecule has 126 valence electrons. The van der Waals surface area contributed by atoms with Crippen LogP contribution >= 0.6 is 0 Å². The van der Waals surface area contributed by atoms with Gasteiger partial charge in [-0.1, -0.05) is 32.9 Å². The normalized spacial score (nSPS) is 19.7. The Kier molecular flexibility index (Phi) is 9.43. The van der Waals surface area contributed by atoms with Gasteiger partial charge in [0.05, 0.1) is 11.2 Å². The lowest BCUT2D eigenvalue weighted by Crippen LogP contribution is -2.26. The summed E-state index contributed by atoms with van der Waals surface area (Å²) in [5, 5.41) is 29.5. The molecule has 3 N–H and O–H groups in total. The van der Waals surface area contributed by atoms with Crippen molar-refractivity contribution in [3.05, 3.63) is 12.2 Å². The molecule has 21 heavy (non-hydrogen) atoms. The molecule has 0 aromatic rings. The second-order valence-corrected chi connectivity index (χ2v) is 7.49. The largest absolute Gasteiger partial charge is 0.396 e. The Morgan fingerprint density at radius 3 is 1.76 bits per heavy atom. The van der Waals surface area contributed by atoms with Crippen LogP contribution in [0.25, 0.3) is 0 Å². The smallest absolute Gasteiger partial charge is 0.0800 e. The first kappa shape index (κ1) is 20.6. The van der Waals surface area contributed by atoms with Gasteiger partial charge in [-0.3, -0.25) is 0 Å². The van der Waals surface area contributed by atoms with Crippen LogP contribution in [0.1, 0.15) is 73.1 Å². The molecule has 0 rings (SSSR count). The van der Waals surface area contributed by atoms with Crippen molar-refractivity contribution in [3.8, 4) is 0 Å². The van der Waals surface area contributed by atoms with Crippen LogP contribution in [0.2, 0.25) is 0 Å². The van der Waals surface area contributed by atoms with Gasteiger partial charge in [0.15, 0.2) is 0 Å². The first-order valence-corrected chi connectivity index (χ1v) is 8.34. The number of aliphatic hydroxyl groups is 3. The molecule has 3 atom stereocenters. The van der Waals surface area contributed by atoms with Gasteiger partial charge >= 0.3 is 0 Å². The van der Waals surface area contributed by atoms with E-state index in [1.807, 2.05) is 0 Å². The summed E-state index contributed by atoms with van der Waals surface area (Å²) in [6, 6.07) is 0. The lowest BCUT2D eigenvalue weighted by Gasteiger charge is -2.25. The average molecular weight is 300 g/mol. The minimum atomic E-state index is -0.880. The van der Waals surface area contributed by atoms with Crippen LogP contribution in [0.3, 0.4) is 0 Å². The Hall–Kier alpha value is -0.380. The van der Waals surface area contributed by atoms with Gasteiger partial charge in [0.25, 0.3) is 0 Å². The summed E-state index contributed by atoms with van der Waals surface area (Å²) in [5.41, 5.74) is -1.73. The monoisotopic (exact) mass is 300 g/mol. The van der Waals surface area contributed by atoms with Crippen molar-refractivity contribution in [1.29, 1.82) is 0 Å². The lowest BCUT2D eigenvalue weighted by molar-refractivity contribution is 0.0766. The molecular formula is C18H36O3. The first-order chi connectivity index (χ1) is 9.58. The van der Waals surface area contributed by atoms with Crippen LogP contribution in [-0.2, 0) is 0 Å². The number of hydrogen-bond donors (Lipinski definition) is 3. The fraction of sp³-hybridized carbons (Fsp3) is 0.889. The van der Waals surface area contributed by atoms with Crippen LogP contribution in [0.4, 0.5) is 0 Å². The van der Waals surface area contributed by atoms with Gasteiger partial charge in [-0.15, -0.1) is 0 Å². The van der Waals surface area contributed by atoms with E-state index in [4.69, 9.17) is 5.11 Å². The number of hydrogen-bond acceptors (Lipinski definition) is 3. The molecule has 0 aliphatic carbocycles. The summed E-state index contributed by atoms with van der Waals surface area (Å²) in [7, 11) is 0. The highest BCUT2D eigenvalue weighted by Crippen LogP contribution is 2.23. The highest BCUT2D eigenvalue weighted by Gasteiger charge is 2.22. The maximum atomic E-state index is 10.4. The topological polar surface area (TPSA) is 60.7 Å². The van der Waals surface area contributed by atoms with Gasteiger partial charge < -0.3 is 15.3 Å². The Balaban J connectivity index is 4.27. The van der Waals surface area contributed by atoms with Crippen LogP contribution in [0.5, 0.6) is 0 Å². The molecule has 0 amide bonds. The van der Waals surface area contributed by atoms with Crippen LogP contribution < -0.4 is 0 Å². The van der Waals surface area contributed by atoms with Crippen molar-refractivity contribution < 1.29 is 15.3 Å². The van der Waals surface area contributed by atoms with Gasteiger partial charge in [-0.2, -0.15) is 0 Å². The molecule has 0 spiro atoms. The molecule has 0 radical (unpaired) electrons. The third-order valence-electron chi connectivity index (χ3n) is 4.03. The lowest BCUT2D eigenvalue weighted by atomic mass is 9.89. The van der Waals surface area contributed by atoms with E-state index < -0.39 is 11.2 Å². The van der Waals surface area contributed by atoms with Crippen LogP contribution in [0, 0.1) is 11.8 Å². The molecule has 0 aromatic heterocycles. The Morgan fingerprint density at radius 1 is 0.857 bits per heavy atom. The zero-order chi connectivity index (χ0) is 16.5. The standard InChI is InChI=1S/C18H36O3/c1-15(2)8-10-17(4,20)12-13-18(5,21)11-9-16(3)7-6-14-19/h12-13,15-16,19-21H,6-11,14H2,1-5H3. The maximum Gasteiger partial charge on any atom is 0.0800 e. The summed E-state index contributed by atoms with van der Waals surface area (Å²) >= 11 is 0. The van der Waals surface area contributed by atoms with E-state index in [2.05, 4.69) is 20.8 Å². The van der Waals surface area contributed by atoms with Crippen molar-refractivity contribution >= 4 is 0 Å². The van der Waals surface area contributed by atoms with E-state index in [0.29, 0.717) is 24.7 Å². The van der Waals surface area contributed by atoms with Gasteiger partial charge in [0, 0.05) is 6.61 Å². The molecule has 0 aliphatic heterocycles. The van der Waals surface area contributed by atoms with E-state index in [9.17, 15) is 10.2 Å². The average Bonchev–Trinajstić information content (AvgIpc) is 2.39. The molecular weight excluding hydrogens is 264 g/mol. The fourth-order valence-corrected chi connectivity index (χ4v) is 2.23. The molecule has 0 saturated heterocycles. The van der Waals surface area contributed by atoms with E-state index >= 15 is 0 Å². The van der Waals surface area contributed by atoms with Crippen LogP contribution in [-0.4, -0.2) is 33.1 Å². The number of rotatable bonds is 11. The molecule has 0 bridgehead atoms. The zero-order valence-electron chi connectivity index (χ0n) is 14.6. The summed E-state index contributed by atoms with van der Waals surface area (Å²) < 4.78 is 0. The van der Waals surface area contributed by atoms with Crippen molar-refractivity contribution in [2.45, 2.75) is 84.3 Å². The van der Waals surface area contributed by atoms with Crippen molar-refractivity contribution in [2.75, 3.05) is 6.61 Å². The van der Waals surface area contributed by atoms with E-state index in [1.165, 1.54) is 0 Å². The van der Waals surface area contributed by atoms with Gasteiger partial charge in [-0.25, -0.2) is 0 Å². The third kappa shape index (κ3) is 11.9. The second-order valence-electron chi connectivity index (χ2n) is 7.49. The first-order valence-electron chi connectivity index (χ1n) is 8.34. The number of aliphatic hydroxyl groups excluding tert-OH is 1. The summed E-state index contributed by atoms with van der Waals surface area (Å²) in [4.78, 5) is 0. The molecule has 0 heterocycles. The molecule has 0 fully saturated rings. The minimum absolute atomic E-state index is 0.235. The quantitative estimate of drug-likeness (QED) is 0.510. The van der Waals surface area contributed by atoms with Crippen LogP contribution in [0.15, 0.2) is 12.2 Å². The molecule has 0 saturated carbocycles. The highest BCUT2D eigenvalue weighted by atomic mass is 16.3. The molecule has 3 heteroatoms. The second kappa shape index (κ2) is 9.60. The minimum Gasteiger partial charge on any atom is -0.396 e. The summed E-state index contributed by atoms with van der Waals surface area (Å²) in [6.07, 6.45) is 8.58. The van der Waals surface area contributed by atoms with E-state index in [-0.39, 0.29) is 6.61 Å². The SMILES string of the molecule is CC(C)CCC(C)(O)C=CC(C)(O)CCC(C)CCCO. The predicted molar refractivity (Wildman–Crippen MR) is 89.2 cm³/mol. The zero-order valence-corrected chi connectivity index (χ0v) is 14.6. The van der Waals surface area contributed by atoms with Crippen molar-refractivity contribution in [1.82, 2.24) is 0 Å².